The van der Waals surface area contributed by atoms with Crippen LogP contribution < -0.4 is 15.6 Å². The van der Waals surface area contributed by atoms with E-state index in [1.165, 1.54) is 17.9 Å². The van der Waals surface area contributed by atoms with Crippen LogP contribution in [0.3, 0.4) is 0 Å². The molecule has 0 saturated carbocycles. The first-order valence-corrected chi connectivity index (χ1v) is 11.2. The maximum absolute atomic E-state index is 13.6. The van der Waals surface area contributed by atoms with E-state index in [1.54, 1.807) is 12.1 Å². The van der Waals surface area contributed by atoms with E-state index in [4.69, 9.17) is 0 Å². The standard InChI is InChI=1S/C25H25F3N4O3/c1-13-9-14(2)11-17(10-13)32-20-12-16(25(26,27)28)6-7-18(20)21(24(32)35)15(3)30-31-23(34)19-5-4-8-29-22(19)33/h6-7,9-12,19,21H,4-5,8H2,1-3H3,(H,29,33)(H,31,34)/b30-15-. The van der Waals surface area contributed by atoms with Crippen LogP contribution in [0.15, 0.2) is 41.5 Å². The minimum absolute atomic E-state index is 0.118. The number of fused-ring (bicyclic) bond motifs is 1. The van der Waals surface area contributed by atoms with E-state index in [-0.39, 0.29) is 17.3 Å². The number of benzene rings is 2. The fourth-order valence-electron chi connectivity index (χ4n) is 4.60. The number of halogens is 3. The third-order valence-electron chi connectivity index (χ3n) is 6.20. The van der Waals surface area contributed by atoms with E-state index in [0.29, 0.717) is 30.6 Å². The molecule has 35 heavy (non-hydrogen) atoms. The molecule has 0 aliphatic carbocycles. The number of hydrogen-bond donors (Lipinski definition) is 2. The summed E-state index contributed by atoms with van der Waals surface area (Å²) in [5.74, 6) is -3.33. The Morgan fingerprint density at radius 3 is 2.43 bits per heavy atom. The van der Waals surface area contributed by atoms with Crippen molar-refractivity contribution >= 4 is 34.8 Å². The van der Waals surface area contributed by atoms with Gasteiger partial charge >= 0.3 is 6.18 Å². The van der Waals surface area contributed by atoms with Crippen LogP contribution in [-0.2, 0) is 20.6 Å². The molecule has 3 amide bonds. The molecule has 2 aromatic carbocycles. The molecule has 0 bridgehead atoms. The fraction of sp³-hybridized carbons (Fsp3) is 0.360. The lowest BCUT2D eigenvalue weighted by Crippen LogP contribution is -2.44. The molecule has 2 heterocycles. The average molecular weight is 486 g/mol. The highest BCUT2D eigenvalue weighted by molar-refractivity contribution is 6.22. The molecule has 0 radical (unpaired) electrons. The van der Waals surface area contributed by atoms with Crippen molar-refractivity contribution < 1.29 is 27.6 Å². The minimum Gasteiger partial charge on any atom is -0.355 e. The zero-order valence-electron chi connectivity index (χ0n) is 19.5. The molecule has 7 nitrogen and oxygen atoms in total. The Bertz CT molecular complexity index is 1220. The van der Waals surface area contributed by atoms with E-state index >= 15 is 0 Å². The first-order valence-electron chi connectivity index (χ1n) is 11.2. The first-order chi connectivity index (χ1) is 16.5. The van der Waals surface area contributed by atoms with Gasteiger partial charge in [-0.1, -0.05) is 12.1 Å². The van der Waals surface area contributed by atoms with Gasteiger partial charge in [0.05, 0.1) is 17.0 Å². The summed E-state index contributed by atoms with van der Waals surface area (Å²) in [5.41, 5.74) is 4.32. The maximum Gasteiger partial charge on any atom is 0.416 e. The monoisotopic (exact) mass is 486 g/mol. The molecule has 2 atom stereocenters. The van der Waals surface area contributed by atoms with E-state index in [1.807, 2.05) is 19.9 Å². The number of piperidine rings is 1. The van der Waals surface area contributed by atoms with Crippen LogP contribution in [-0.4, -0.2) is 30.0 Å². The minimum atomic E-state index is -4.58. The van der Waals surface area contributed by atoms with Crippen molar-refractivity contribution in [1.82, 2.24) is 10.7 Å². The second-order valence-electron chi connectivity index (χ2n) is 8.94. The highest BCUT2D eigenvalue weighted by Crippen LogP contribution is 2.45. The molecule has 0 spiro atoms. The predicted octanol–water partition coefficient (Wildman–Crippen LogP) is 4.10. The number of nitrogens with zero attached hydrogens (tertiary/aromatic N) is 2. The first kappa shape index (κ1) is 24.4. The van der Waals surface area contributed by atoms with Gasteiger partial charge in [-0.05, 0) is 74.6 Å². The molecule has 2 aliphatic rings. The molecule has 1 fully saturated rings. The smallest absolute Gasteiger partial charge is 0.355 e. The van der Waals surface area contributed by atoms with Gasteiger partial charge in [-0.25, -0.2) is 5.43 Å². The SMILES string of the molecule is C/C(=N/NC(=O)C1CCCNC1=O)C1C(=O)N(c2cc(C)cc(C)c2)c2cc(C(F)(F)F)ccc21. The second-order valence-corrected chi connectivity index (χ2v) is 8.94. The van der Waals surface area contributed by atoms with Crippen molar-refractivity contribution in [3.8, 4) is 0 Å². The largest absolute Gasteiger partial charge is 0.416 e. The van der Waals surface area contributed by atoms with Crippen LogP contribution in [0.25, 0.3) is 0 Å². The van der Waals surface area contributed by atoms with Crippen LogP contribution in [0.1, 0.15) is 47.9 Å². The summed E-state index contributed by atoms with van der Waals surface area (Å²) >= 11 is 0. The van der Waals surface area contributed by atoms with Crippen LogP contribution >= 0.6 is 0 Å². The summed E-state index contributed by atoms with van der Waals surface area (Å²) in [6.07, 6.45) is -3.53. The number of hydrazone groups is 1. The number of rotatable bonds is 4. The summed E-state index contributed by atoms with van der Waals surface area (Å²) in [4.78, 5) is 39.3. The highest BCUT2D eigenvalue weighted by atomic mass is 19.4. The molecule has 184 valence electrons. The highest BCUT2D eigenvalue weighted by Gasteiger charge is 2.42. The third-order valence-corrected chi connectivity index (χ3v) is 6.20. The molecule has 1 saturated heterocycles. The molecule has 4 rings (SSSR count). The number of anilines is 2. The Hall–Kier alpha value is -3.69. The van der Waals surface area contributed by atoms with E-state index in [0.717, 1.165) is 23.3 Å². The van der Waals surface area contributed by atoms with Crippen LogP contribution in [0.2, 0.25) is 0 Å². The van der Waals surface area contributed by atoms with Crippen molar-refractivity contribution in [3.63, 3.8) is 0 Å². The number of carbonyl (C=O) groups is 3. The number of amides is 3. The molecular formula is C25H25F3N4O3. The summed E-state index contributed by atoms with van der Waals surface area (Å²) in [6, 6.07) is 8.53. The molecular weight excluding hydrogens is 461 g/mol. The molecule has 2 unspecified atom stereocenters. The van der Waals surface area contributed by atoms with Crippen LogP contribution in [0.4, 0.5) is 24.5 Å². The van der Waals surface area contributed by atoms with E-state index in [9.17, 15) is 27.6 Å². The Kier molecular flexibility index (Phi) is 6.40. The lowest BCUT2D eigenvalue weighted by molar-refractivity contribution is -0.138. The van der Waals surface area contributed by atoms with Crippen molar-refractivity contribution in [3.05, 3.63) is 58.7 Å². The Balaban J connectivity index is 1.71. The van der Waals surface area contributed by atoms with Gasteiger partial charge in [0, 0.05) is 12.2 Å². The molecule has 2 aliphatic heterocycles. The number of nitrogens with one attached hydrogen (secondary N) is 2. The maximum atomic E-state index is 13.6. The van der Waals surface area contributed by atoms with Crippen molar-refractivity contribution in [2.45, 2.75) is 45.7 Å². The summed E-state index contributed by atoms with van der Waals surface area (Å²) in [7, 11) is 0. The van der Waals surface area contributed by atoms with E-state index < -0.39 is 35.4 Å². The lowest BCUT2D eigenvalue weighted by Gasteiger charge is -2.21. The van der Waals surface area contributed by atoms with Gasteiger partial charge in [-0.15, -0.1) is 0 Å². The van der Waals surface area contributed by atoms with Crippen molar-refractivity contribution in [2.75, 3.05) is 11.4 Å². The van der Waals surface area contributed by atoms with Gasteiger partial charge in [0.15, 0.2) is 0 Å². The van der Waals surface area contributed by atoms with Crippen LogP contribution in [0.5, 0.6) is 0 Å². The quantitative estimate of drug-likeness (QED) is 0.387. The fourth-order valence-corrected chi connectivity index (χ4v) is 4.60. The third kappa shape index (κ3) is 4.78. The Labute approximate surface area is 200 Å². The second kappa shape index (κ2) is 9.16. The number of hydrogen-bond acceptors (Lipinski definition) is 4. The number of alkyl halides is 3. The van der Waals surface area contributed by atoms with Gasteiger partial charge in [0.1, 0.15) is 11.8 Å². The van der Waals surface area contributed by atoms with Gasteiger partial charge in [-0.2, -0.15) is 18.3 Å². The normalized spacial score (nSPS) is 20.5. The Morgan fingerprint density at radius 1 is 1.11 bits per heavy atom. The zero-order chi connectivity index (χ0) is 25.5. The Morgan fingerprint density at radius 2 is 1.80 bits per heavy atom. The lowest BCUT2D eigenvalue weighted by atomic mass is 9.95. The molecule has 2 aromatic rings. The van der Waals surface area contributed by atoms with E-state index in [2.05, 4.69) is 15.8 Å². The molecule has 0 aromatic heterocycles. The van der Waals surface area contributed by atoms with Crippen LogP contribution in [0, 0.1) is 19.8 Å². The summed E-state index contributed by atoms with van der Waals surface area (Å²) < 4.78 is 40.4. The van der Waals surface area contributed by atoms with Gasteiger partial charge in [0.2, 0.25) is 11.8 Å². The van der Waals surface area contributed by atoms with Gasteiger partial charge in [-0.3, -0.25) is 19.3 Å². The average Bonchev–Trinajstić information content (AvgIpc) is 3.07. The number of carbonyl (C=O) groups excluding carboxylic acids is 3. The van der Waals surface area contributed by atoms with Gasteiger partial charge < -0.3 is 5.32 Å². The summed E-state index contributed by atoms with van der Waals surface area (Å²) in [5, 5.41) is 6.69. The zero-order valence-corrected chi connectivity index (χ0v) is 19.5. The summed E-state index contributed by atoms with van der Waals surface area (Å²) in [6.45, 7) is 5.71. The topological polar surface area (TPSA) is 90.9 Å². The van der Waals surface area contributed by atoms with Crippen molar-refractivity contribution in [2.24, 2.45) is 11.0 Å². The van der Waals surface area contributed by atoms with Gasteiger partial charge in [0.25, 0.3) is 5.91 Å². The molecule has 2 N–H and O–H groups in total. The number of aryl methyl sites for hydroxylation is 2. The predicted molar refractivity (Wildman–Crippen MR) is 124 cm³/mol. The van der Waals surface area contributed by atoms with Crippen molar-refractivity contribution in [1.29, 1.82) is 0 Å². The molecule has 10 heteroatoms.